The predicted octanol–water partition coefficient (Wildman–Crippen LogP) is 4.41. The van der Waals surface area contributed by atoms with Crippen molar-refractivity contribution in [1.29, 1.82) is 0 Å². The number of aryl methyl sites for hydroxylation is 1. The average Bonchev–Trinajstić information content (AvgIpc) is 3.18. The summed E-state index contributed by atoms with van der Waals surface area (Å²) < 4.78 is 24.7. The first-order valence-corrected chi connectivity index (χ1v) is 10.8. The molecule has 9 heteroatoms. The van der Waals surface area contributed by atoms with Crippen LogP contribution in [0.3, 0.4) is 0 Å². The molecule has 1 amide bonds. The van der Waals surface area contributed by atoms with Crippen LogP contribution < -0.4 is 10.6 Å². The van der Waals surface area contributed by atoms with E-state index in [1.165, 1.54) is 11.3 Å². The van der Waals surface area contributed by atoms with Crippen molar-refractivity contribution in [3.05, 3.63) is 35.5 Å². The van der Waals surface area contributed by atoms with Crippen LogP contribution in [0.25, 0.3) is 21.3 Å². The smallest absolute Gasteiger partial charge is 0.250 e. The minimum absolute atomic E-state index is 0.0595. The number of aromatic nitrogens is 3. The van der Waals surface area contributed by atoms with Gasteiger partial charge in [0.1, 0.15) is 15.8 Å². The summed E-state index contributed by atoms with van der Waals surface area (Å²) in [5.74, 6) is 0.323. The van der Waals surface area contributed by atoms with E-state index in [-0.39, 0.29) is 24.4 Å². The third-order valence-corrected chi connectivity index (χ3v) is 6.29. The number of alkyl halides is 2. The number of halogens is 2. The van der Waals surface area contributed by atoms with Crippen molar-refractivity contribution in [3.63, 3.8) is 0 Å². The third-order valence-electron chi connectivity index (χ3n) is 5.40. The van der Waals surface area contributed by atoms with Crippen molar-refractivity contribution in [1.82, 2.24) is 20.5 Å². The zero-order valence-corrected chi connectivity index (χ0v) is 17.4. The molecule has 1 aliphatic carbocycles. The number of anilines is 1. The van der Waals surface area contributed by atoms with Gasteiger partial charge < -0.3 is 10.6 Å². The fourth-order valence-corrected chi connectivity index (χ4v) is 4.49. The van der Waals surface area contributed by atoms with Crippen molar-refractivity contribution >= 4 is 33.8 Å². The van der Waals surface area contributed by atoms with E-state index < -0.39 is 6.43 Å². The molecule has 30 heavy (non-hydrogen) atoms. The van der Waals surface area contributed by atoms with Gasteiger partial charge in [-0.1, -0.05) is 23.5 Å². The summed E-state index contributed by atoms with van der Waals surface area (Å²) in [6.07, 6.45) is 2.20. The molecule has 2 heterocycles. The lowest BCUT2D eigenvalue weighted by Gasteiger charge is -2.28. The maximum Gasteiger partial charge on any atom is 0.250 e. The van der Waals surface area contributed by atoms with Gasteiger partial charge in [0.25, 0.3) is 6.43 Å². The Balaban J connectivity index is 1.40. The molecule has 2 aromatic heterocycles. The standard InChI is InChI=1S/C21H23F2N5OS/c1-12-27-28-21(30-12)14-2-3-15-10-25-19(9-16(15)8-14)26-20(29)13-4-6-17(7-5-13)24-11-18(22)23/h2-3,8-10,13,17-18,24H,4-7,11H2,1H3,(H,25,26,29)/t13-,17-. The summed E-state index contributed by atoms with van der Waals surface area (Å²) in [4.78, 5) is 17.0. The van der Waals surface area contributed by atoms with E-state index in [9.17, 15) is 13.6 Å². The quantitative estimate of drug-likeness (QED) is 0.604. The monoisotopic (exact) mass is 431 g/mol. The maximum absolute atomic E-state index is 12.7. The van der Waals surface area contributed by atoms with E-state index in [4.69, 9.17) is 0 Å². The van der Waals surface area contributed by atoms with Crippen LogP contribution >= 0.6 is 11.3 Å². The number of nitrogens with one attached hydrogen (secondary N) is 2. The number of benzene rings is 1. The highest BCUT2D eigenvalue weighted by atomic mass is 32.1. The van der Waals surface area contributed by atoms with E-state index in [0.717, 1.165) is 39.2 Å². The number of hydrogen-bond donors (Lipinski definition) is 2. The Labute approximate surface area is 177 Å². The SMILES string of the molecule is Cc1nnc(-c2ccc3cnc(NC(=O)[C@H]4CC[C@H](NCC(F)F)CC4)cc3c2)s1. The molecule has 1 aromatic carbocycles. The van der Waals surface area contributed by atoms with Gasteiger partial charge in [0, 0.05) is 29.1 Å². The first-order valence-electron chi connectivity index (χ1n) is 10.0. The van der Waals surface area contributed by atoms with Gasteiger partial charge in [0.05, 0.1) is 6.54 Å². The van der Waals surface area contributed by atoms with E-state index in [0.29, 0.717) is 18.7 Å². The third kappa shape index (κ3) is 4.96. The number of amides is 1. The molecule has 0 radical (unpaired) electrons. The molecule has 6 nitrogen and oxygen atoms in total. The second-order valence-corrected chi connectivity index (χ2v) is 8.78. The highest BCUT2D eigenvalue weighted by molar-refractivity contribution is 7.14. The molecule has 158 valence electrons. The average molecular weight is 432 g/mol. The molecule has 3 aromatic rings. The molecule has 1 aliphatic rings. The van der Waals surface area contributed by atoms with Crippen LogP contribution in [-0.4, -0.2) is 40.1 Å². The summed E-state index contributed by atoms with van der Waals surface area (Å²) in [7, 11) is 0. The Bertz CT molecular complexity index is 1030. The van der Waals surface area contributed by atoms with Crippen LogP contribution in [0, 0.1) is 12.8 Å². The van der Waals surface area contributed by atoms with Crippen LogP contribution in [0.5, 0.6) is 0 Å². The second kappa shape index (κ2) is 9.09. The van der Waals surface area contributed by atoms with Crippen LogP contribution in [0.4, 0.5) is 14.6 Å². The molecule has 1 saturated carbocycles. The van der Waals surface area contributed by atoms with Crippen LogP contribution in [0.1, 0.15) is 30.7 Å². The van der Waals surface area contributed by atoms with Gasteiger partial charge in [0.15, 0.2) is 0 Å². The summed E-state index contributed by atoms with van der Waals surface area (Å²) >= 11 is 1.53. The zero-order chi connectivity index (χ0) is 21.1. The Kier molecular flexibility index (Phi) is 6.29. The van der Waals surface area contributed by atoms with Crippen molar-refractivity contribution in [3.8, 4) is 10.6 Å². The Morgan fingerprint density at radius 2 is 1.97 bits per heavy atom. The zero-order valence-electron chi connectivity index (χ0n) is 16.6. The number of carbonyl (C=O) groups is 1. The second-order valence-electron chi connectivity index (χ2n) is 7.59. The normalized spacial score (nSPS) is 19.3. The highest BCUT2D eigenvalue weighted by Crippen LogP contribution is 2.29. The largest absolute Gasteiger partial charge is 0.310 e. The number of hydrogen-bond acceptors (Lipinski definition) is 6. The molecule has 0 atom stereocenters. The van der Waals surface area contributed by atoms with Gasteiger partial charge in [-0.15, -0.1) is 10.2 Å². The Morgan fingerprint density at radius 3 is 2.67 bits per heavy atom. The van der Waals surface area contributed by atoms with Crippen LogP contribution in [0.2, 0.25) is 0 Å². The molecular weight excluding hydrogens is 408 g/mol. The maximum atomic E-state index is 12.7. The van der Waals surface area contributed by atoms with Crippen LogP contribution in [0.15, 0.2) is 30.5 Å². The fraction of sp³-hybridized carbons (Fsp3) is 0.429. The lowest BCUT2D eigenvalue weighted by molar-refractivity contribution is -0.120. The lowest BCUT2D eigenvalue weighted by atomic mass is 9.85. The topological polar surface area (TPSA) is 79.8 Å². The minimum atomic E-state index is -2.35. The van der Waals surface area contributed by atoms with Gasteiger partial charge in [-0.25, -0.2) is 13.8 Å². The molecule has 0 saturated heterocycles. The number of fused-ring (bicyclic) bond motifs is 1. The summed E-state index contributed by atoms with van der Waals surface area (Å²) in [5.41, 5.74) is 0.978. The number of rotatable bonds is 6. The molecular formula is C21H23F2N5OS. The Hall–Kier alpha value is -2.52. The molecule has 0 bridgehead atoms. The van der Waals surface area contributed by atoms with Gasteiger partial charge in [-0.2, -0.15) is 0 Å². The van der Waals surface area contributed by atoms with Crippen molar-refractivity contribution in [2.24, 2.45) is 5.92 Å². The van der Waals surface area contributed by atoms with E-state index in [1.54, 1.807) is 6.20 Å². The van der Waals surface area contributed by atoms with Gasteiger partial charge in [-0.05, 0) is 50.1 Å². The molecule has 2 N–H and O–H groups in total. The fourth-order valence-electron chi connectivity index (χ4n) is 3.80. The first-order chi connectivity index (χ1) is 14.5. The first kappa shape index (κ1) is 20.7. The summed E-state index contributed by atoms with van der Waals surface area (Å²) in [5, 5.41) is 17.7. The van der Waals surface area contributed by atoms with Gasteiger partial charge in [0.2, 0.25) is 5.91 Å². The van der Waals surface area contributed by atoms with Gasteiger partial charge >= 0.3 is 0 Å². The van der Waals surface area contributed by atoms with Gasteiger partial charge in [-0.3, -0.25) is 4.79 Å². The molecule has 0 spiro atoms. The number of carbonyl (C=O) groups excluding carboxylic acids is 1. The lowest BCUT2D eigenvalue weighted by Crippen LogP contribution is -2.38. The van der Waals surface area contributed by atoms with E-state index in [1.807, 2.05) is 31.2 Å². The summed E-state index contributed by atoms with van der Waals surface area (Å²) in [6.45, 7) is 1.63. The molecule has 1 fully saturated rings. The van der Waals surface area contributed by atoms with Crippen molar-refractivity contribution in [2.45, 2.75) is 45.1 Å². The number of nitrogens with zero attached hydrogens (tertiary/aromatic N) is 3. The Morgan fingerprint density at radius 1 is 1.17 bits per heavy atom. The highest BCUT2D eigenvalue weighted by Gasteiger charge is 2.26. The molecule has 0 aliphatic heterocycles. The summed E-state index contributed by atoms with van der Waals surface area (Å²) in [6, 6.07) is 7.91. The van der Waals surface area contributed by atoms with Crippen molar-refractivity contribution < 1.29 is 13.6 Å². The minimum Gasteiger partial charge on any atom is -0.310 e. The van der Waals surface area contributed by atoms with E-state index in [2.05, 4.69) is 25.8 Å². The molecule has 0 unspecified atom stereocenters. The number of pyridine rings is 1. The van der Waals surface area contributed by atoms with Crippen LogP contribution in [-0.2, 0) is 4.79 Å². The van der Waals surface area contributed by atoms with E-state index >= 15 is 0 Å². The molecule has 4 rings (SSSR count). The predicted molar refractivity (Wildman–Crippen MR) is 114 cm³/mol. The van der Waals surface area contributed by atoms with Crippen molar-refractivity contribution in [2.75, 3.05) is 11.9 Å².